The smallest absolute Gasteiger partial charge is 0.265 e. The second kappa shape index (κ2) is 5.68. The van der Waals surface area contributed by atoms with Gasteiger partial charge in [0, 0.05) is 18.2 Å². The Morgan fingerprint density at radius 1 is 1.42 bits per heavy atom. The molecule has 0 bridgehead atoms. The van der Waals surface area contributed by atoms with Crippen molar-refractivity contribution >= 4 is 11.3 Å². The first-order valence-corrected chi connectivity index (χ1v) is 6.27. The summed E-state index contributed by atoms with van der Waals surface area (Å²) < 4.78 is 40.5. The van der Waals surface area contributed by atoms with Crippen LogP contribution < -0.4 is 5.32 Å². The van der Waals surface area contributed by atoms with Crippen LogP contribution >= 0.6 is 0 Å². The molecule has 0 saturated carbocycles. The van der Waals surface area contributed by atoms with E-state index in [0.717, 1.165) is 6.92 Å². The SMILES string of the molecule is C=C(C)c1c(C)cc(NC(CC)C(C)(F)F)cc1F. The molecule has 106 valence electrons. The molecule has 0 amide bonds. The number of allylic oxidation sites excluding steroid dienone is 1. The summed E-state index contributed by atoms with van der Waals surface area (Å²) in [6.07, 6.45) is 0.256. The van der Waals surface area contributed by atoms with Crippen molar-refractivity contribution in [1.29, 1.82) is 0 Å². The Balaban J connectivity index is 3.08. The maximum atomic E-state index is 13.9. The number of hydrogen-bond acceptors (Lipinski definition) is 1. The third-order valence-corrected chi connectivity index (χ3v) is 3.08. The van der Waals surface area contributed by atoms with Crippen LogP contribution in [-0.2, 0) is 0 Å². The van der Waals surface area contributed by atoms with Gasteiger partial charge in [-0.15, -0.1) is 0 Å². The average molecular weight is 271 g/mol. The maximum Gasteiger partial charge on any atom is 0.265 e. The highest BCUT2D eigenvalue weighted by Crippen LogP contribution is 2.28. The lowest BCUT2D eigenvalue weighted by Gasteiger charge is -2.25. The maximum absolute atomic E-state index is 13.9. The summed E-state index contributed by atoms with van der Waals surface area (Å²) in [6.45, 7) is 9.70. The van der Waals surface area contributed by atoms with Crippen molar-refractivity contribution in [3.63, 3.8) is 0 Å². The predicted molar refractivity (Wildman–Crippen MR) is 74.2 cm³/mol. The molecule has 0 heterocycles. The lowest BCUT2D eigenvalue weighted by Crippen LogP contribution is -2.36. The fraction of sp³-hybridized carbons (Fsp3) is 0.467. The van der Waals surface area contributed by atoms with Crippen molar-refractivity contribution in [2.75, 3.05) is 5.32 Å². The number of rotatable bonds is 5. The zero-order chi connectivity index (χ0) is 14.8. The van der Waals surface area contributed by atoms with Crippen LogP contribution in [0, 0.1) is 12.7 Å². The van der Waals surface area contributed by atoms with E-state index in [-0.39, 0.29) is 6.42 Å². The molecule has 1 atom stereocenters. The summed E-state index contributed by atoms with van der Waals surface area (Å²) in [5, 5.41) is 2.70. The van der Waals surface area contributed by atoms with Gasteiger partial charge in [-0.25, -0.2) is 13.2 Å². The normalized spacial score (nSPS) is 13.2. The Bertz CT molecular complexity index is 452. The number of aryl methyl sites for hydroxylation is 1. The number of alkyl halides is 2. The zero-order valence-electron chi connectivity index (χ0n) is 11.8. The molecule has 0 aliphatic carbocycles. The summed E-state index contributed by atoms with van der Waals surface area (Å²) in [5.74, 6) is -3.30. The van der Waals surface area contributed by atoms with E-state index in [2.05, 4.69) is 11.9 Å². The average Bonchev–Trinajstić information content (AvgIpc) is 2.22. The molecule has 0 radical (unpaired) electrons. The number of halogens is 3. The van der Waals surface area contributed by atoms with E-state index >= 15 is 0 Å². The van der Waals surface area contributed by atoms with E-state index in [0.29, 0.717) is 22.4 Å². The van der Waals surface area contributed by atoms with E-state index in [1.54, 1.807) is 26.8 Å². The van der Waals surface area contributed by atoms with Crippen molar-refractivity contribution in [2.45, 2.75) is 46.1 Å². The number of benzene rings is 1. The van der Waals surface area contributed by atoms with Crippen LogP contribution in [0.4, 0.5) is 18.9 Å². The van der Waals surface area contributed by atoms with Gasteiger partial charge in [-0.05, 0) is 43.5 Å². The summed E-state index contributed by atoms with van der Waals surface area (Å²) >= 11 is 0. The minimum absolute atomic E-state index is 0.256. The van der Waals surface area contributed by atoms with Gasteiger partial charge < -0.3 is 5.32 Å². The second-order valence-corrected chi connectivity index (χ2v) is 4.99. The van der Waals surface area contributed by atoms with Gasteiger partial charge in [0.1, 0.15) is 5.82 Å². The fourth-order valence-electron chi connectivity index (χ4n) is 2.16. The minimum Gasteiger partial charge on any atom is -0.376 e. The van der Waals surface area contributed by atoms with Crippen molar-refractivity contribution in [3.05, 3.63) is 35.7 Å². The fourth-order valence-corrected chi connectivity index (χ4v) is 2.16. The second-order valence-electron chi connectivity index (χ2n) is 4.99. The monoisotopic (exact) mass is 271 g/mol. The topological polar surface area (TPSA) is 12.0 Å². The first kappa shape index (κ1) is 15.6. The van der Waals surface area contributed by atoms with E-state index in [9.17, 15) is 13.2 Å². The van der Waals surface area contributed by atoms with E-state index in [4.69, 9.17) is 0 Å². The van der Waals surface area contributed by atoms with Crippen LogP contribution in [0.25, 0.3) is 5.57 Å². The first-order valence-electron chi connectivity index (χ1n) is 6.27. The first-order chi connectivity index (χ1) is 8.66. The lowest BCUT2D eigenvalue weighted by molar-refractivity contribution is 0.000548. The molecule has 1 N–H and O–H groups in total. The molecule has 19 heavy (non-hydrogen) atoms. The van der Waals surface area contributed by atoms with Crippen molar-refractivity contribution in [2.24, 2.45) is 0 Å². The number of hydrogen-bond donors (Lipinski definition) is 1. The van der Waals surface area contributed by atoms with Crippen LogP contribution in [-0.4, -0.2) is 12.0 Å². The molecule has 1 nitrogen and oxygen atoms in total. The molecule has 1 aromatic rings. The molecule has 0 aromatic heterocycles. The lowest BCUT2D eigenvalue weighted by atomic mass is 10.0. The molecule has 0 aliphatic rings. The Hall–Kier alpha value is -1.45. The molecular weight excluding hydrogens is 251 g/mol. The van der Waals surface area contributed by atoms with Crippen LogP contribution in [0.1, 0.15) is 38.3 Å². The van der Waals surface area contributed by atoms with Gasteiger partial charge in [0.2, 0.25) is 0 Å². The Labute approximate surface area is 112 Å². The van der Waals surface area contributed by atoms with Gasteiger partial charge in [0.25, 0.3) is 5.92 Å². The highest BCUT2D eigenvalue weighted by Gasteiger charge is 2.32. The summed E-state index contributed by atoms with van der Waals surface area (Å²) in [4.78, 5) is 0. The zero-order valence-corrected chi connectivity index (χ0v) is 11.8. The third-order valence-electron chi connectivity index (χ3n) is 3.08. The van der Waals surface area contributed by atoms with Gasteiger partial charge in [0.05, 0.1) is 6.04 Å². The Morgan fingerprint density at radius 2 is 2.00 bits per heavy atom. The molecule has 0 spiro atoms. The quantitative estimate of drug-likeness (QED) is 0.793. The molecule has 0 saturated heterocycles. The summed E-state index contributed by atoms with van der Waals surface area (Å²) in [6, 6.07) is 1.90. The summed E-state index contributed by atoms with van der Waals surface area (Å²) in [5.41, 5.74) is 2.12. The standard InChI is InChI=1S/C15H20F3N/c1-6-13(15(5,17)18)19-11-7-10(4)14(9(2)3)12(16)8-11/h7-8,13,19H,2,6H2,1,3-5H3. The van der Waals surface area contributed by atoms with E-state index < -0.39 is 17.8 Å². The van der Waals surface area contributed by atoms with Gasteiger partial charge in [-0.2, -0.15) is 0 Å². The Kier molecular flexibility index (Phi) is 4.66. The van der Waals surface area contributed by atoms with Gasteiger partial charge in [-0.3, -0.25) is 0 Å². The highest BCUT2D eigenvalue weighted by atomic mass is 19.3. The van der Waals surface area contributed by atoms with Crippen LogP contribution in [0.15, 0.2) is 18.7 Å². The molecule has 1 aromatic carbocycles. The largest absolute Gasteiger partial charge is 0.376 e. The molecular formula is C15H20F3N. The van der Waals surface area contributed by atoms with Crippen molar-refractivity contribution in [3.8, 4) is 0 Å². The molecule has 0 aliphatic heterocycles. The molecule has 1 unspecified atom stereocenters. The summed E-state index contributed by atoms with van der Waals surface area (Å²) in [7, 11) is 0. The Morgan fingerprint density at radius 3 is 2.37 bits per heavy atom. The van der Waals surface area contributed by atoms with Crippen molar-refractivity contribution < 1.29 is 13.2 Å². The highest BCUT2D eigenvalue weighted by molar-refractivity contribution is 5.68. The number of anilines is 1. The van der Waals surface area contributed by atoms with Crippen LogP contribution in [0.5, 0.6) is 0 Å². The van der Waals surface area contributed by atoms with E-state index in [1.807, 2.05) is 0 Å². The van der Waals surface area contributed by atoms with E-state index in [1.165, 1.54) is 6.07 Å². The van der Waals surface area contributed by atoms with Gasteiger partial charge in [-0.1, -0.05) is 13.5 Å². The predicted octanol–water partition coefficient (Wildman–Crippen LogP) is 5.01. The third kappa shape index (κ3) is 3.75. The number of nitrogens with one attached hydrogen (secondary N) is 1. The van der Waals surface area contributed by atoms with Gasteiger partial charge in [0.15, 0.2) is 0 Å². The van der Waals surface area contributed by atoms with Crippen molar-refractivity contribution in [1.82, 2.24) is 0 Å². The van der Waals surface area contributed by atoms with Crippen LogP contribution in [0.3, 0.4) is 0 Å². The molecule has 4 heteroatoms. The van der Waals surface area contributed by atoms with Crippen LogP contribution in [0.2, 0.25) is 0 Å². The molecule has 1 rings (SSSR count). The van der Waals surface area contributed by atoms with Gasteiger partial charge >= 0.3 is 0 Å². The molecule has 0 fully saturated rings. The minimum atomic E-state index is -2.86.